The minimum absolute atomic E-state index is 0.00905. The van der Waals surface area contributed by atoms with Crippen LogP contribution in [0.1, 0.15) is 21.8 Å². The summed E-state index contributed by atoms with van der Waals surface area (Å²) in [5.41, 5.74) is 0.363. The molecule has 1 aromatic heterocycles. The maximum atomic E-state index is 12.9. The normalized spacial score (nSPS) is 15.0. The lowest BCUT2D eigenvalue weighted by Crippen LogP contribution is -2.25. The summed E-state index contributed by atoms with van der Waals surface area (Å²) in [6.07, 6.45) is -3.66. The van der Waals surface area contributed by atoms with Crippen LogP contribution in [0.3, 0.4) is 0 Å². The van der Waals surface area contributed by atoms with Crippen LogP contribution in [0.15, 0.2) is 28.8 Å². The van der Waals surface area contributed by atoms with E-state index < -0.39 is 12.3 Å². The standard InChI is InChI=1S/C13H9F2NO6/c14-13(15)20-10-2-1-7(3-11(10)21-13)5-19-6-8-4-9(12(17)18)16-22-8/h1-4H,5-6H2,(H,17,18). The van der Waals surface area contributed by atoms with Crippen LogP contribution in [0.4, 0.5) is 8.78 Å². The van der Waals surface area contributed by atoms with Crippen molar-refractivity contribution in [1.29, 1.82) is 0 Å². The van der Waals surface area contributed by atoms with Crippen molar-refractivity contribution in [3.63, 3.8) is 0 Å². The summed E-state index contributed by atoms with van der Waals surface area (Å²) < 4.78 is 44.4. The van der Waals surface area contributed by atoms with E-state index in [9.17, 15) is 13.6 Å². The number of hydrogen-bond acceptors (Lipinski definition) is 6. The van der Waals surface area contributed by atoms with E-state index in [0.717, 1.165) is 0 Å². The number of nitrogens with zero attached hydrogens (tertiary/aromatic N) is 1. The van der Waals surface area contributed by atoms with E-state index in [2.05, 4.69) is 14.6 Å². The molecule has 0 aliphatic carbocycles. The first-order valence-corrected chi connectivity index (χ1v) is 6.08. The Morgan fingerprint density at radius 1 is 1.23 bits per heavy atom. The van der Waals surface area contributed by atoms with Crippen LogP contribution in [0.2, 0.25) is 0 Å². The van der Waals surface area contributed by atoms with Crippen molar-refractivity contribution in [1.82, 2.24) is 5.16 Å². The molecule has 0 unspecified atom stereocenters. The van der Waals surface area contributed by atoms with Gasteiger partial charge >= 0.3 is 12.3 Å². The Morgan fingerprint density at radius 2 is 2.00 bits per heavy atom. The third-order valence-corrected chi connectivity index (χ3v) is 2.76. The van der Waals surface area contributed by atoms with E-state index >= 15 is 0 Å². The van der Waals surface area contributed by atoms with E-state index in [1.54, 1.807) is 6.07 Å². The molecule has 0 saturated carbocycles. The van der Waals surface area contributed by atoms with Crippen LogP contribution in [0.5, 0.6) is 11.5 Å². The van der Waals surface area contributed by atoms with Gasteiger partial charge in [-0.3, -0.25) is 0 Å². The fourth-order valence-corrected chi connectivity index (χ4v) is 1.83. The van der Waals surface area contributed by atoms with Crippen molar-refractivity contribution in [3.8, 4) is 11.5 Å². The van der Waals surface area contributed by atoms with Gasteiger partial charge in [-0.25, -0.2) is 4.79 Å². The van der Waals surface area contributed by atoms with Gasteiger partial charge in [0, 0.05) is 6.07 Å². The molecule has 22 heavy (non-hydrogen) atoms. The van der Waals surface area contributed by atoms with Gasteiger partial charge in [0.2, 0.25) is 0 Å². The highest BCUT2D eigenvalue weighted by Gasteiger charge is 2.43. The van der Waals surface area contributed by atoms with E-state index in [-0.39, 0.29) is 36.2 Å². The summed E-state index contributed by atoms with van der Waals surface area (Å²) in [5, 5.41) is 12.0. The number of fused-ring (bicyclic) bond motifs is 1. The number of aromatic carboxylic acids is 1. The number of hydrogen-bond donors (Lipinski definition) is 1. The number of aromatic nitrogens is 1. The van der Waals surface area contributed by atoms with Gasteiger partial charge < -0.3 is 23.8 Å². The number of alkyl halides is 2. The number of carboxylic acids is 1. The van der Waals surface area contributed by atoms with Crippen molar-refractivity contribution in [2.75, 3.05) is 0 Å². The molecule has 1 N–H and O–H groups in total. The molecule has 9 heteroatoms. The lowest BCUT2D eigenvalue weighted by Gasteiger charge is -2.04. The van der Waals surface area contributed by atoms with E-state index in [1.807, 2.05) is 0 Å². The van der Waals surface area contributed by atoms with Gasteiger partial charge in [0.15, 0.2) is 23.0 Å². The number of carbonyl (C=O) groups is 1. The molecule has 0 bridgehead atoms. The van der Waals surface area contributed by atoms with Gasteiger partial charge in [-0.05, 0) is 17.7 Å². The second-order valence-electron chi connectivity index (χ2n) is 4.42. The summed E-state index contributed by atoms with van der Waals surface area (Å²) in [5.74, 6) is -1.08. The van der Waals surface area contributed by atoms with Gasteiger partial charge in [-0.1, -0.05) is 11.2 Å². The number of carboxylic acid groups (broad SMARTS) is 1. The third kappa shape index (κ3) is 2.98. The molecule has 2 heterocycles. The van der Waals surface area contributed by atoms with Crippen molar-refractivity contribution >= 4 is 5.97 Å². The highest BCUT2D eigenvalue weighted by atomic mass is 19.3. The quantitative estimate of drug-likeness (QED) is 0.906. The van der Waals surface area contributed by atoms with Gasteiger partial charge in [-0.2, -0.15) is 0 Å². The van der Waals surface area contributed by atoms with Crippen LogP contribution < -0.4 is 9.47 Å². The molecule has 116 valence electrons. The molecule has 0 spiro atoms. The largest absolute Gasteiger partial charge is 0.586 e. The number of rotatable bonds is 5. The van der Waals surface area contributed by atoms with Gasteiger partial charge in [0.1, 0.15) is 6.61 Å². The number of ether oxygens (including phenoxy) is 3. The molecule has 0 atom stereocenters. The average Bonchev–Trinajstić information content (AvgIpc) is 3.01. The topological polar surface area (TPSA) is 91.0 Å². The number of halogens is 2. The maximum Gasteiger partial charge on any atom is 0.586 e. The monoisotopic (exact) mass is 313 g/mol. The Hall–Kier alpha value is -2.68. The molecule has 2 aromatic rings. The first-order valence-electron chi connectivity index (χ1n) is 6.08. The summed E-state index contributed by atoms with van der Waals surface area (Å²) in [6.45, 7) is 0.0796. The second kappa shape index (κ2) is 5.26. The minimum atomic E-state index is -3.66. The molecule has 0 amide bonds. The first kappa shape index (κ1) is 14.3. The molecule has 0 radical (unpaired) electrons. The molecule has 7 nitrogen and oxygen atoms in total. The highest BCUT2D eigenvalue weighted by Crippen LogP contribution is 2.41. The second-order valence-corrected chi connectivity index (χ2v) is 4.42. The predicted molar refractivity (Wildman–Crippen MR) is 64.6 cm³/mol. The van der Waals surface area contributed by atoms with Crippen LogP contribution in [0, 0.1) is 0 Å². The van der Waals surface area contributed by atoms with Crippen molar-refractivity contribution in [2.45, 2.75) is 19.5 Å². The summed E-state index contributed by atoms with van der Waals surface area (Å²) in [7, 11) is 0. The Balaban J connectivity index is 1.57. The average molecular weight is 313 g/mol. The predicted octanol–water partition coefficient (Wildman–Crippen LogP) is 2.41. The van der Waals surface area contributed by atoms with Crippen LogP contribution in [-0.2, 0) is 18.0 Å². The maximum absolute atomic E-state index is 12.9. The van der Waals surface area contributed by atoms with E-state index in [1.165, 1.54) is 18.2 Å². The zero-order valence-electron chi connectivity index (χ0n) is 10.9. The van der Waals surface area contributed by atoms with Gasteiger partial charge in [0.25, 0.3) is 0 Å². The SMILES string of the molecule is O=C(O)c1cc(COCc2ccc3c(c2)OC(F)(F)O3)on1. The fraction of sp³-hybridized carbons (Fsp3) is 0.231. The van der Waals surface area contributed by atoms with Crippen molar-refractivity contribution in [2.24, 2.45) is 0 Å². The molecule has 1 aliphatic heterocycles. The van der Waals surface area contributed by atoms with Crippen LogP contribution >= 0.6 is 0 Å². The molecule has 3 rings (SSSR count). The molecular weight excluding hydrogens is 304 g/mol. The van der Waals surface area contributed by atoms with Crippen molar-refractivity contribution < 1.29 is 37.4 Å². The molecule has 0 fully saturated rings. The Bertz CT molecular complexity index is 714. The smallest absolute Gasteiger partial charge is 0.476 e. The van der Waals surface area contributed by atoms with Crippen LogP contribution in [-0.4, -0.2) is 22.5 Å². The van der Waals surface area contributed by atoms with Gasteiger partial charge in [0.05, 0.1) is 6.61 Å². The van der Waals surface area contributed by atoms with Crippen LogP contribution in [0.25, 0.3) is 0 Å². The Labute approximate surface area is 122 Å². The summed E-state index contributed by atoms with van der Waals surface area (Å²) >= 11 is 0. The summed E-state index contributed by atoms with van der Waals surface area (Å²) in [6, 6.07) is 5.51. The third-order valence-electron chi connectivity index (χ3n) is 2.76. The lowest BCUT2D eigenvalue weighted by atomic mass is 10.2. The highest BCUT2D eigenvalue weighted by molar-refractivity contribution is 5.85. The zero-order valence-corrected chi connectivity index (χ0v) is 10.9. The first-order chi connectivity index (χ1) is 10.4. The molecule has 1 aliphatic rings. The van der Waals surface area contributed by atoms with Crippen molar-refractivity contribution in [3.05, 3.63) is 41.3 Å². The summed E-state index contributed by atoms with van der Waals surface area (Å²) in [4.78, 5) is 10.6. The fourth-order valence-electron chi connectivity index (χ4n) is 1.83. The Morgan fingerprint density at radius 3 is 2.73 bits per heavy atom. The zero-order chi connectivity index (χ0) is 15.7. The van der Waals surface area contributed by atoms with E-state index in [4.69, 9.17) is 14.4 Å². The lowest BCUT2D eigenvalue weighted by molar-refractivity contribution is -0.286. The minimum Gasteiger partial charge on any atom is -0.476 e. The molecular formula is C13H9F2NO6. The molecule has 0 saturated heterocycles. The number of benzene rings is 1. The van der Waals surface area contributed by atoms with Gasteiger partial charge in [-0.15, -0.1) is 8.78 Å². The Kier molecular flexibility index (Phi) is 3.41. The van der Waals surface area contributed by atoms with E-state index in [0.29, 0.717) is 5.56 Å². The molecule has 1 aromatic carbocycles.